The number of Topliss-reactive ketones (excluding diaryl/α,β-unsaturated/α-hetero) is 1. The first-order chi connectivity index (χ1) is 7.41. The number of benzene rings is 1. The number of nitrogens with two attached hydrogens (primary N) is 1. The van der Waals surface area contributed by atoms with E-state index in [1.54, 1.807) is 0 Å². The van der Waals surface area contributed by atoms with Crippen molar-refractivity contribution in [3.8, 4) is 0 Å². The minimum absolute atomic E-state index is 0.0974. The van der Waals surface area contributed by atoms with Gasteiger partial charge in [0.2, 0.25) is 0 Å². The number of hydrogen-bond acceptors (Lipinski definition) is 3. The maximum atomic E-state index is 12.8. The molecule has 1 rings (SSSR count). The van der Waals surface area contributed by atoms with Crippen molar-refractivity contribution in [3.05, 3.63) is 34.6 Å². The van der Waals surface area contributed by atoms with Crippen LogP contribution >= 0.6 is 11.6 Å². The van der Waals surface area contributed by atoms with E-state index in [4.69, 9.17) is 22.4 Å². The van der Waals surface area contributed by atoms with Crippen molar-refractivity contribution in [2.24, 2.45) is 5.73 Å². The number of carbonyl (C=O) groups excluding carboxylic acids is 1. The summed E-state index contributed by atoms with van der Waals surface area (Å²) in [5.41, 5.74) is 5.47. The topological polar surface area (TPSA) is 80.4 Å². The molecule has 1 atom stereocenters. The van der Waals surface area contributed by atoms with Gasteiger partial charge in [0.05, 0.1) is 17.5 Å². The van der Waals surface area contributed by atoms with Crippen molar-refractivity contribution >= 4 is 23.4 Å². The van der Waals surface area contributed by atoms with E-state index >= 15 is 0 Å². The summed E-state index contributed by atoms with van der Waals surface area (Å²) < 4.78 is 12.8. The summed E-state index contributed by atoms with van der Waals surface area (Å²) in [5.74, 6) is -2.40. The average Bonchev–Trinajstić information content (AvgIpc) is 2.20. The first kappa shape index (κ1) is 12.6. The number of rotatable bonds is 4. The Bertz CT molecular complexity index is 436. The van der Waals surface area contributed by atoms with Crippen LogP contribution in [-0.4, -0.2) is 22.9 Å². The van der Waals surface area contributed by atoms with E-state index in [0.717, 1.165) is 12.1 Å². The fraction of sp³-hybridized carbons (Fsp3) is 0.200. The Kier molecular flexibility index (Phi) is 3.98. The Morgan fingerprint density at radius 2 is 2.12 bits per heavy atom. The quantitative estimate of drug-likeness (QED) is 0.787. The predicted molar refractivity (Wildman–Crippen MR) is 56.0 cm³/mol. The lowest BCUT2D eigenvalue weighted by Gasteiger charge is -2.08. The summed E-state index contributed by atoms with van der Waals surface area (Å²) in [7, 11) is 0. The lowest BCUT2D eigenvalue weighted by Crippen LogP contribution is -2.32. The van der Waals surface area contributed by atoms with Gasteiger partial charge in [-0.05, 0) is 18.2 Å². The van der Waals surface area contributed by atoms with Crippen molar-refractivity contribution in [2.45, 2.75) is 12.5 Å². The third-order valence-corrected chi connectivity index (χ3v) is 2.23. The van der Waals surface area contributed by atoms with Crippen LogP contribution in [0.25, 0.3) is 0 Å². The highest BCUT2D eigenvalue weighted by Crippen LogP contribution is 2.17. The van der Waals surface area contributed by atoms with E-state index in [9.17, 15) is 14.0 Å². The molecular weight excluding hydrogens is 237 g/mol. The first-order valence-corrected chi connectivity index (χ1v) is 4.76. The van der Waals surface area contributed by atoms with Crippen molar-refractivity contribution in [2.75, 3.05) is 0 Å². The molecule has 0 saturated heterocycles. The van der Waals surface area contributed by atoms with Gasteiger partial charge in [-0.25, -0.2) is 4.39 Å². The highest BCUT2D eigenvalue weighted by atomic mass is 35.5. The van der Waals surface area contributed by atoms with Crippen LogP contribution in [0.1, 0.15) is 16.8 Å². The number of carboxylic acid groups (broad SMARTS) is 1. The lowest BCUT2D eigenvalue weighted by atomic mass is 10.0. The number of halogens is 2. The average molecular weight is 246 g/mol. The summed E-state index contributed by atoms with van der Waals surface area (Å²) in [6.45, 7) is 0. The molecule has 0 saturated carbocycles. The summed E-state index contributed by atoms with van der Waals surface area (Å²) in [4.78, 5) is 21.9. The van der Waals surface area contributed by atoms with Gasteiger partial charge in [0.1, 0.15) is 5.82 Å². The predicted octanol–water partition coefficient (Wildman–Crippen LogP) is 1.46. The Labute approximate surface area is 95.8 Å². The molecule has 3 N–H and O–H groups in total. The van der Waals surface area contributed by atoms with Crippen LogP contribution in [0.3, 0.4) is 0 Å². The summed E-state index contributed by atoms with van der Waals surface area (Å²) in [6.07, 6.45) is -0.478. The largest absolute Gasteiger partial charge is 0.481 e. The van der Waals surface area contributed by atoms with Crippen LogP contribution in [0.5, 0.6) is 0 Å². The van der Waals surface area contributed by atoms with E-state index in [1.807, 2.05) is 0 Å². The molecule has 0 fully saturated rings. The standard InChI is InChI=1S/C10H9ClFNO3/c11-6-3-5(1-2-7(6)12)10(16)8(13)4-9(14)15/h1-3,8H,4,13H2,(H,14,15). The van der Waals surface area contributed by atoms with Gasteiger partial charge in [-0.3, -0.25) is 9.59 Å². The molecule has 0 aliphatic heterocycles. The minimum atomic E-state index is -1.17. The third-order valence-electron chi connectivity index (χ3n) is 1.94. The van der Waals surface area contributed by atoms with E-state index in [-0.39, 0.29) is 10.6 Å². The van der Waals surface area contributed by atoms with Crippen LogP contribution in [-0.2, 0) is 4.79 Å². The summed E-state index contributed by atoms with van der Waals surface area (Å²) in [6, 6.07) is 2.22. The highest BCUT2D eigenvalue weighted by Gasteiger charge is 2.19. The van der Waals surface area contributed by atoms with E-state index in [0.29, 0.717) is 0 Å². The number of carbonyl (C=O) groups is 2. The fourth-order valence-corrected chi connectivity index (χ4v) is 1.32. The second kappa shape index (κ2) is 5.05. The maximum absolute atomic E-state index is 12.8. The Morgan fingerprint density at radius 1 is 1.50 bits per heavy atom. The van der Waals surface area contributed by atoms with E-state index in [2.05, 4.69) is 0 Å². The van der Waals surface area contributed by atoms with Gasteiger partial charge >= 0.3 is 5.97 Å². The molecule has 0 spiro atoms. The Morgan fingerprint density at radius 3 is 2.62 bits per heavy atom. The summed E-state index contributed by atoms with van der Waals surface area (Å²) in [5, 5.41) is 8.26. The normalized spacial score (nSPS) is 12.2. The van der Waals surface area contributed by atoms with Crippen molar-refractivity contribution < 1.29 is 19.1 Å². The van der Waals surface area contributed by atoms with E-state index < -0.39 is 30.0 Å². The van der Waals surface area contributed by atoms with Crippen molar-refractivity contribution in [1.29, 1.82) is 0 Å². The Hall–Kier alpha value is -1.46. The number of hydrogen-bond donors (Lipinski definition) is 2. The van der Waals surface area contributed by atoms with Crippen molar-refractivity contribution in [1.82, 2.24) is 0 Å². The molecule has 4 nitrogen and oxygen atoms in total. The number of ketones is 1. The molecule has 0 aliphatic carbocycles. The molecule has 0 heterocycles. The molecule has 1 aromatic rings. The minimum Gasteiger partial charge on any atom is -0.481 e. The third kappa shape index (κ3) is 3.01. The molecule has 0 amide bonds. The zero-order chi connectivity index (χ0) is 12.3. The zero-order valence-corrected chi connectivity index (χ0v) is 8.87. The van der Waals surface area contributed by atoms with Crippen LogP contribution in [0.4, 0.5) is 4.39 Å². The second-order valence-corrected chi connectivity index (χ2v) is 3.60. The molecule has 0 aliphatic rings. The summed E-state index contributed by atoms with van der Waals surface area (Å²) >= 11 is 5.48. The van der Waals surface area contributed by atoms with Gasteiger partial charge < -0.3 is 10.8 Å². The van der Waals surface area contributed by atoms with Gasteiger partial charge in [0.25, 0.3) is 0 Å². The number of aliphatic carboxylic acids is 1. The second-order valence-electron chi connectivity index (χ2n) is 3.20. The lowest BCUT2D eigenvalue weighted by molar-refractivity contribution is -0.137. The maximum Gasteiger partial charge on any atom is 0.305 e. The molecule has 0 aromatic heterocycles. The molecular formula is C10H9ClFNO3. The molecule has 16 heavy (non-hydrogen) atoms. The SMILES string of the molecule is NC(CC(=O)O)C(=O)c1ccc(F)c(Cl)c1. The molecule has 1 unspecified atom stereocenters. The monoisotopic (exact) mass is 245 g/mol. The molecule has 1 aromatic carbocycles. The van der Waals surface area contributed by atoms with Crippen LogP contribution < -0.4 is 5.73 Å². The van der Waals surface area contributed by atoms with Crippen LogP contribution in [0, 0.1) is 5.82 Å². The molecule has 0 bridgehead atoms. The fourth-order valence-electron chi connectivity index (χ4n) is 1.14. The Balaban J connectivity index is 2.88. The van der Waals surface area contributed by atoms with Gasteiger partial charge in [-0.15, -0.1) is 0 Å². The van der Waals surface area contributed by atoms with Gasteiger partial charge in [0.15, 0.2) is 5.78 Å². The highest BCUT2D eigenvalue weighted by molar-refractivity contribution is 6.31. The van der Waals surface area contributed by atoms with Gasteiger partial charge in [-0.1, -0.05) is 11.6 Å². The smallest absolute Gasteiger partial charge is 0.305 e. The zero-order valence-electron chi connectivity index (χ0n) is 8.11. The number of carboxylic acids is 1. The van der Waals surface area contributed by atoms with Crippen molar-refractivity contribution in [3.63, 3.8) is 0 Å². The molecule has 0 radical (unpaired) electrons. The first-order valence-electron chi connectivity index (χ1n) is 4.38. The molecule has 86 valence electrons. The van der Waals surface area contributed by atoms with Gasteiger partial charge in [0, 0.05) is 5.56 Å². The van der Waals surface area contributed by atoms with E-state index in [1.165, 1.54) is 6.07 Å². The molecule has 6 heteroatoms. The van der Waals surface area contributed by atoms with Gasteiger partial charge in [-0.2, -0.15) is 0 Å². The van der Waals surface area contributed by atoms with Crippen LogP contribution in [0.2, 0.25) is 5.02 Å². The van der Waals surface area contributed by atoms with Crippen LogP contribution in [0.15, 0.2) is 18.2 Å².